The SMILES string of the molecule is COc1ccc(CN2CCCC(c3ccnc(Nc4nccs4)n3)C2)cc1. The Bertz CT molecular complexity index is 853. The Morgan fingerprint density at radius 3 is 2.85 bits per heavy atom. The van der Waals surface area contributed by atoms with Gasteiger partial charge in [-0.15, -0.1) is 11.3 Å². The van der Waals surface area contributed by atoms with Crippen LogP contribution in [0.25, 0.3) is 0 Å². The van der Waals surface area contributed by atoms with Crippen molar-refractivity contribution in [1.82, 2.24) is 19.9 Å². The van der Waals surface area contributed by atoms with E-state index in [-0.39, 0.29) is 0 Å². The molecular weight excluding hydrogens is 358 g/mol. The van der Waals surface area contributed by atoms with Gasteiger partial charge in [-0.2, -0.15) is 0 Å². The molecule has 2 aromatic heterocycles. The Morgan fingerprint density at radius 2 is 2.07 bits per heavy atom. The van der Waals surface area contributed by atoms with Crippen molar-refractivity contribution >= 4 is 22.4 Å². The number of nitrogens with one attached hydrogen (secondary N) is 1. The van der Waals surface area contributed by atoms with Gasteiger partial charge in [-0.25, -0.2) is 15.0 Å². The molecule has 7 heteroatoms. The van der Waals surface area contributed by atoms with E-state index in [0.717, 1.165) is 42.6 Å². The van der Waals surface area contributed by atoms with Crippen molar-refractivity contribution in [3.63, 3.8) is 0 Å². The third-order valence-corrected chi connectivity index (χ3v) is 5.51. The van der Waals surface area contributed by atoms with Gasteiger partial charge in [0.15, 0.2) is 5.13 Å². The molecule has 3 aromatic rings. The fraction of sp³-hybridized carbons (Fsp3) is 0.350. The third kappa shape index (κ3) is 4.61. The van der Waals surface area contributed by atoms with Gasteiger partial charge in [0.05, 0.1) is 12.8 Å². The number of piperidine rings is 1. The molecule has 1 saturated heterocycles. The highest BCUT2D eigenvalue weighted by molar-refractivity contribution is 7.13. The van der Waals surface area contributed by atoms with Crippen LogP contribution >= 0.6 is 11.3 Å². The predicted octanol–water partition coefficient (Wildman–Crippen LogP) is 4.06. The molecular formula is C20H23N5OS. The zero-order valence-electron chi connectivity index (χ0n) is 15.3. The quantitative estimate of drug-likeness (QED) is 0.695. The number of aromatic nitrogens is 3. The molecule has 1 atom stereocenters. The van der Waals surface area contributed by atoms with Gasteiger partial charge < -0.3 is 10.1 Å². The smallest absolute Gasteiger partial charge is 0.229 e. The fourth-order valence-corrected chi connectivity index (χ4v) is 3.99. The third-order valence-electron chi connectivity index (χ3n) is 4.82. The first-order chi connectivity index (χ1) is 13.3. The van der Waals surface area contributed by atoms with Crippen molar-refractivity contribution in [3.05, 3.63) is 59.4 Å². The Kier molecular flexibility index (Phi) is 5.60. The van der Waals surface area contributed by atoms with Crippen molar-refractivity contribution in [2.45, 2.75) is 25.3 Å². The lowest BCUT2D eigenvalue weighted by molar-refractivity contribution is 0.198. The average Bonchev–Trinajstić information content (AvgIpc) is 3.22. The number of hydrogen-bond donors (Lipinski definition) is 1. The topological polar surface area (TPSA) is 63.2 Å². The normalized spacial score (nSPS) is 17.6. The Morgan fingerprint density at radius 1 is 1.19 bits per heavy atom. The molecule has 27 heavy (non-hydrogen) atoms. The van der Waals surface area contributed by atoms with E-state index in [9.17, 15) is 0 Å². The summed E-state index contributed by atoms with van der Waals surface area (Å²) in [6, 6.07) is 10.4. The summed E-state index contributed by atoms with van der Waals surface area (Å²) in [6.07, 6.45) is 5.95. The van der Waals surface area contributed by atoms with E-state index in [1.54, 1.807) is 24.6 Å². The molecule has 0 saturated carbocycles. The van der Waals surface area contributed by atoms with Gasteiger partial charge in [-0.3, -0.25) is 4.90 Å². The lowest BCUT2D eigenvalue weighted by atomic mass is 9.94. The van der Waals surface area contributed by atoms with Gasteiger partial charge in [0.25, 0.3) is 0 Å². The number of anilines is 2. The monoisotopic (exact) mass is 381 g/mol. The second-order valence-corrected chi connectivity index (χ2v) is 7.58. The molecule has 1 aromatic carbocycles. The minimum absolute atomic E-state index is 0.428. The second kappa shape index (κ2) is 8.45. The first kappa shape index (κ1) is 17.9. The maximum Gasteiger partial charge on any atom is 0.229 e. The zero-order chi connectivity index (χ0) is 18.5. The molecule has 0 radical (unpaired) electrons. The van der Waals surface area contributed by atoms with E-state index in [2.05, 4.69) is 32.3 Å². The van der Waals surface area contributed by atoms with Crippen LogP contribution in [0.4, 0.5) is 11.1 Å². The van der Waals surface area contributed by atoms with Crippen LogP contribution in [0.1, 0.15) is 30.0 Å². The van der Waals surface area contributed by atoms with Gasteiger partial charge in [0.2, 0.25) is 5.95 Å². The summed E-state index contributed by atoms with van der Waals surface area (Å²) >= 11 is 1.54. The van der Waals surface area contributed by atoms with Crippen LogP contribution in [0.15, 0.2) is 48.1 Å². The summed E-state index contributed by atoms with van der Waals surface area (Å²) in [5, 5.41) is 5.94. The lowest BCUT2D eigenvalue weighted by Gasteiger charge is -2.32. The van der Waals surface area contributed by atoms with E-state index in [1.807, 2.05) is 29.8 Å². The first-order valence-corrected chi connectivity index (χ1v) is 10.0. The summed E-state index contributed by atoms with van der Waals surface area (Å²) in [5.41, 5.74) is 2.41. The molecule has 4 rings (SSSR count). The Labute approximate surface area is 163 Å². The second-order valence-electron chi connectivity index (χ2n) is 6.69. The summed E-state index contributed by atoms with van der Waals surface area (Å²) < 4.78 is 5.25. The highest BCUT2D eigenvalue weighted by atomic mass is 32.1. The Hall–Kier alpha value is -2.51. The Balaban J connectivity index is 1.41. The summed E-state index contributed by atoms with van der Waals surface area (Å²) in [4.78, 5) is 15.8. The van der Waals surface area contributed by atoms with Crippen LogP contribution in [0.5, 0.6) is 5.75 Å². The number of nitrogens with zero attached hydrogens (tertiary/aromatic N) is 4. The van der Waals surface area contributed by atoms with Crippen molar-refractivity contribution in [2.75, 3.05) is 25.5 Å². The molecule has 6 nitrogen and oxygen atoms in total. The van der Waals surface area contributed by atoms with E-state index >= 15 is 0 Å². The summed E-state index contributed by atoms with van der Waals surface area (Å²) in [6.45, 7) is 3.09. The molecule has 0 aliphatic carbocycles. The number of methoxy groups -OCH3 is 1. The van der Waals surface area contributed by atoms with E-state index < -0.39 is 0 Å². The van der Waals surface area contributed by atoms with Gasteiger partial charge >= 0.3 is 0 Å². The number of ether oxygens (including phenoxy) is 1. The first-order valence-electron chi connectivity index (χ1n) is 9.15. The molecule has 1 aliphatic heterocycles. The van der Waals surface area contributed by atoms with Crippen molar-refractivity contribution in [3.8, 4) is 5.75 Å². The van der Waals surface area contributed by atoms with E-state index in [1.165, 1.54) is 12.0 Å². The molecule has 1 fully saturated rings. The summed E-state index contributed by atoms with van der Waals surface area (Å²) in [7, 11) is 1.70. The van der Waals surface area contributed by atoms with Crippen molar-refractivity contribution in [2.24, 2.45) is 0 Å². The molecule has 1 N–H and O–H groups in total. The maximum absolute atomic E-state index is 5.25. The molecule has 0 bridgehead atoms. The van der Waals surface area contributed by atoms with Gasteiger partial charge in [0.1, 0.15) is 5.75 Å². The van der Waals surface area contributed by atoms with Crippen LogP contribution in [0.3, 0.4) is 0 Å². The standard InChI is InChI=1S/C20H23N5OS/c1-26-17-6-4-15(5-7-17)13-25-11-2-3-16(14-25)18-8-9-21-19(23-18)24-20-22-10-12-27-20/h4-10,12,16H,2-3,11,13-14H2,1H3,(H,21,22,23,24). The molecule has 140 valence electrons. The van der Waals surface area contributed by atoms with E-state index in [4.69, 9.17) is 9.72 Å². The highest BCUT2D eigenvalue weighted by Crippen LogP contribution is 2.27. The number of likely N-dealkylation sites (tertiary alicyclic amines) is 1. The van der Waals surface area contributed by atoms with E-state index in [0.29, 0.717) is 11.9 Å². The highest BCUT2D eigenvalue weighted by Gasteiger charge is 2.23. The van der Waals surface area contributed by atoms with Gasteiger partial charge in [-0.1, -0.05) is 12.1 Å². The van der Waals surface area contributed by atoms with Crippen LogP contribution in [0, 0.1) is 0 Å². The molecule has 3 heterocycles. The van der Waals surface area contributed by atoms with Crippen LogP contribution in [-0.2, 0) is 6.54 Å². The predicted molar refractivity (Wildman–Crippen MR) is 108 cm³/mol. The molecule has 1 unspecified atom stereocenters. The van der Waals surface area contributed by atoms with Crippen LogP contribution < -0.4 is 10.1 Å². The summed E-state index contributed by atoms with van der Waals surface area (Å²) in [5.74, 6) is 1.95. The molecule has 0 spiro atoms. The molecule has 0 amide bonds. The largest absolute Gasteiger partial charge is 0.497 e. The fourth-order valence-electron chi connectivity index (χ4n) is 3.47. The van der Waals surface area contributed by atoms with Crippen LogP contribution in [0.2, 0.25) is 0 Å². The van der Waals surface area contributed by atoms with Crippen molar-refractivity contribution < 1.29 is 4.74 Å². The molecule has 1 aliphatic rings. The van der Waals surface area contributed by atoms with Gasteiger partial charge in [0, 0.05) is 36.8 Å². The number of thiazole rings is 1. The number of rotatable bonds is 6. The van der Waals surface area contributed by atoms with Gasteiger partial charge in [-0.05, 0) is 43.1 Å². The van der Waals surface area contributed by atoms with Crippen LogP contribution in [-0.4, -0.2) is 40.1 Å². The maximum atomic E-state index is 5.25. The van der Waals surface area contributed by atoms with Crippen molar-refractivity contribution in [1.29, 1.82) is 0 Å². The minimum atomic E-state index is 0.428. The minimum Gasteiger partial charge on any atom is -0.497 e. The number of benzene rings is 1. The number of hydrogen-bond acceptors (Lipinski definition) is 7. The zero-order valence-corrected chi connectivity index (χ0v) is 16.2. The average molecular weight is 382 g/mol. The lowest BCUT2D eigenvalue weighted by Crippen LogP contribution is -2.34.